The van der Waals surface area contributed by atoms with Crippen LogP contribution in [0.1, 0.15) is 6.92 Å². The first-order valence-corrected chi connectivity index (χ1v) is 8.18. The quantitative estimate of drug-likeness (QED) is 0.608. The number of rotatable bonds is 5. The van der Waals surface area contributed by atoms with Crippen LogP contribution in [-0.4, -0.2) is 16.5 Å². The van der Waals surface area contributed by atoms with Gasteiger partial charge in [0.15, 0.2) is 0 Å². The summed E-state index contributed by atoms with van der Waals surface area (Å²) in [6.45, 7) is 1.82. The van der Waals surface area contributed by atoms with E-state index in [0.29, 0.717) is 10.7 Å². The third kappa shape index (κ3) is 4.95. The first kappa shape index (κ1) is 16.2. The van der Waals surface area contributed by atoms with Gasteiger partial charge in [0.05, 0.1) is 5.38 Å². The molecule has 0 saturated carbocycles. The van der Waals surface area contributed by atoms with Crippen molar-refractivity contribution < 1.29 is 4.79 Å². The molecule has 2 aromatic rings. The second kappa shape index (κ2) is 7.74. The Hall–Kier alpha value is -1.16. The van der Waals surface area contributed by atoms with Gasteiger partial charge in [0.25, 0.3) is 0 Å². The highest BCUT2D eigenvalue weighted by molar-refractivity contribution is 8.00. The van der Waals surface area contributed by atoms with E-state index >= 15 is 0 Å². The van der Waals surface area contributed by atoms with E-state index in [0.717, 1.165) is 4.90 Å². The topological polar surface area (TPSA) is 29.1 Å². The lowest BCUT2D eigenvalue weighted by Crippen LogP contribution is -2.31. The molecule has 5 heteroatoms. The number of carbonyl (C=O) groups excluding carboxylic acids is 1. The Balaban J connectivity index is 2.07. The average Bonchev–Trinajstić information content (AvgIpc) is 2.48. The van der Waals surface area contributed by atoms with E-state index in [9.17, 15) is 4.79 Å². The molecule has 0 aliphatic heterocycles. The van der Waals surface area contributed by atoms with Crippen LogP contribution in [0.25, 0.3) is 0 Å². The summed E-state index contributed by atoms with van der Waals surface area (Å²) in [6, 6.07) is 16.8. The van der Waals surface area contributed by atoms with Gasteiger partial charge in [-0.05, 0) is 43.3 Å². The van der Waals surface area contributed by atoms with Gasteiger partial charge in [-0.1, -0.05) is 29.8 Å². The van der Waals surface area contributed by atoms with Crippen molar-refractivity contribution in [3.8, 4) is 0 Å². The third-order valence-corrected chi connectivity index (χ3v) is 4.87. The molecule has 0 radical (unpaired) electrons. The van der Waals surface area contributed by atoms with Crippen molar-refractivity contribution >= 4 is 46.6 Å². The van der Waals surface area contributed by atoms with Crippen molar-refractivity contribution in [1.82, 2.24) is 0 Å². The molecule has 0 saturated heterocycles. The number of hydrogen-bond donors (Lipinski definition) is 1. The largest absolute Gasteiger partial charge is 0.325 e. The van der Waals surface area contributed by atoms with Gasteiger partial charge in [0.2, 0.25) is 5.91 Å². The minimum atomic E-state index is -0.371. The molecule has 2 aromatic carbocycles. The Kier molecular flexibility index (Phi) is 5.97. The molecule has 110 valence electrons. The number of hydrogen-bond acceptors (Lipinski definition) is 2. The second-order valence-corrected chi connectivity index (χ2v) is 6.87. The van der Waals surface area contributed by atoms with Crippen LogP contribution in [0.15, 0.2) is 59.5 Å². The van der Waals surface area contributed by atoms with Gasteiger partial charge < -0.3 is 5.32 Å². The fraction of sp³-hybridized carbons (Fsp3) is 0.188. The van der Waals surface area contributed by atoms with Crippen LogP contribution in [0.3, 0.4) is 0 Å². The summed E-state index contributed by atoms with van der Waals surface area (Å²) in [4.78, 5) is 13.4. The van der Waals surface area contributed by atoms with Crippen LogP contribution in [-0.2, 0) is 4.79 Å². The van der Waals surface area contributed by atoms with Crippen molar-refractivity contribution in [3.63, 3.8) is 0 Å². The van der Waals surface area contributed by atoms with Crippen molar-refractivity contribution in [3.05, 3.63) is 59.6 Å². The first-order chi connectivity index (χ1) is 10.1. The minimum absolute atomic E-state index is 0.117. The van der Waals surface area contributed by atoms with E-state index in [2.05, 4.69) is 5.32 Å². The number of benzene rings is 2. The van der Waals surface area contributed by atoms with Gasteiger partial charge in [-0.3, -0.25) is 4.79 Å². The van der Waals surface area contributed by atoms with Crippen LogP contribution in [0.4, 0.5) is 5.69 Å². The zero-order valence-corrected chi connectivity index (χ0v) is 13.8. The van der Waals surface area contributed by atoms with Gasteiger partial charge >= 0.3 is 0 Å². The third-order valence-electron chi connectivity index (χ3n) is 2.79. The molecule has 21 heavy (non-hydrogen) atoms. The molecular formula is C16H15Cl2NOS. The standard InChI is InChI=1S/C16H15Cl2NOS/c1-11(17)15(21-14-5-3-2-4-6-14)16(20)19-13-9-7-12(18)8-10-13/h2-11,15H,1H3,(H,19,20). The van der Waals surface area contributed by atoms with Crippen LogP contribution < -0.4 is 5.32 Å². The summed E-state index contributed by atoms with van der Waals surface area (Å²) in [6.07, 6.45) is 0. The van der Waals surface area contributed by atoms with Gasteiger partial charge in [-0.25, -0.2) is 0 Å². The normalized spacial score (nSPS) is 13.5. The molecule has 0 aliphatic carbocycles. The van der Waals surface area contributed by atoms with Gasteiger partial charge in [-0.15, -0.1) is 23.4 Å². The molecule has 0 aliphatic rings. The molecule has 2 rings (SSSR count). The van der Waals surface area contributed by atoms with Gasteiger partial charge in [-0.2, -0.15) is 0 Å². The van der Waals surface area contributed by atoms with Crippen molar-refractivity contribution in [1.29, 1.82) is 0 Å². The Morgan fingerprint density at radius 3 is 2.29 bits per heavy atom. The maximum atomic E-state index is 12.4. The van der Waals surface area contributed by atoms with E-state index in [1.54, 1.807) is 24.3 Å². The molecule has 0 aromatic heterocycles. The monoisotopic (exact) mass is 339 g/mol. The summed E-state index contributed by atoms with van der Waals surface area (Å²) in [7, 11) is 0. The maximum absolute atomic E-state index is 12.4. The molecular weight excluding hydrogens is 325 g/mol. The van der Waals surface area contributed by atoms with E-state index in [1.807, 2.05) is 37.3 Å². The molecule has 2 nitrogen and oxygen atoms in total. The van der Waals surface area contributed by atoms with Crippen molar-refractivity contribution in [2.24, 2.45) is 0 Å². The van der Waals surface area contributed by atoms with E-state index in [4.69, 9.17) is 23.2 Å². The summed E-state index contributed by atoms with van der Waals surface area (Å²) in [5.41, 5.74) is 0.709. The minimum Gasteiger partial charge on any atom is -0.325 e. The molecule has 0 spiro atoms. The molecule has 1 N–H and O–H groups in total. The number of nitrogens with one attached hydrogen (secondary N) is 1. The van der Waals surface area contributed by atoms with Crippen molar-refractivity contribution in [2.45, 2.75) is 22.4 Å². The lowest BCUT2D eigenvalue weighted by molar-refractivity contribution is -0.115. The predicted octanol–water partition coefficient (Wildman–Crippen LogP) is 5.07. The molecule has 1 amide bonds. The zero-order valence-electron chi connectivity index (χ0n) is 11.4. The summed E-state index contributed by atoms with van der Waals surface area (Å²) in [5.74, 6) is -0.117. The van der Waals surface area contributed by atoms with Crippen molar-refractivity contribution in [2.75, 3.05) is 5.32 Å². The average molecular weight is 340 g/mol. The highest BCUT2D eigenvalue weighted by Crippen LogP contribution is 2.28. The molecule has 0 fully saturated rings. The second-order valence-electron chi connectivity index (χ2n) is 4.53. The number of halogens is 2. The van der Waals surface area contributed by atoms with Crippen LogP contribution >= 0.6 is 35.0 Å². The van der Waals surface area contributed by atoms with E-state index in [1.165, 1.54) is 11.8 Å². The predicted molar refractivity (Wildman–Crippen MR) is 91.5 cm³/mol. The Labute approximate surface area is 138 Å². The number of anilines is 1. The number of alkyl halides is 1. The zero-order chi connectivity index (χ0) is 15.2. The molecule has 0 heterocycles. The number of amides is 1. The van der Waals surface area contributed by atoms with Crippen LogP contribution in [0.2, 0.25) is 5.02 Å². The van der Waals surface area contributed by atoms with Gasteiger partial charge in [0, 0.05) is 15.6 Å². The highest BCUT2D eigenvalue weighted by atomic mass is 35.5. The Morgan fingerprint density at radius 2 is 1.71 bits per heavy atom. The summed E-state index contributed by atoms with van der Waals surface area (Å²) in [5, 5.41) is 2.84. The van der Waals surface area contributed by atoms with E-state index in [-0.39, 0.29) is 16.5 Å². The van der Waals surface area contributed by atoms with Gasteiger partial charge in [0.1, 0.15) is 5.25 Å². The summed E-state index contributed by atoms with van der Waals surface area (Å²) < 4.78 is 0. The maximum Gasteiger partial charge on any atom is 0.239 e. The SMILES string of the molecule is CC(Cl)C(Sc1ccccc1)C(=O)Nc1ccc(Cl)cc1. The highest BCUT2D eigenvalue weighted by Gasteiger charge is 2.25. The fourth-order valence-electron chi connectivity index (χ4n) is 1.75. The molecule has 2 unspecified atom stereocenters. The smallest absolute Gasteiger partial charge is 0.239 e. The van der Waals surface area contributed by atoms with Crippen LogP contribution in [0.5, 0.6) is 0 Å². The molecule has 0 bridgehead atoms. The van der Waals surface area contributed by atoms with Crippen LogP contribution in [0, 0.1) is 0 Å². The Morgan fingerprint density at radius 1 is 1.10 bits per heavy atom. The first-order valence-electron chi connectivity index (χ1n) is 6.48. The van der Waals surface area contributed by atoms with E-state index < -0.39 is 0 Å². The number of thioether (sulfide) groups is 1. The lowest BCUT2D eigenvalue weighted by Gasteiger charge is -2.18. The Bertz CT molecular complexity index is 587. The molecule has 2 atom stereocenters. The summed E-state index contributed by atoms with van der Waals surface area (Å²) >= 11 is 13.5. The lowest BCUT2D eigenvalue weighted by atomic mass is 10.2. The number of carbonyl (C=O) groups is 1. The fourth-order valence-corrected chi connectivity index (χ4v) is 3.10.